The first-order valence-corrected chi connectivity index (χ1v) is 6.13. The molecule has 92 valence electrons. The standard InChI is InChI=1S/C13H19N3O/c1-16(12-7-9-14-10-12)13(17)6-5-11-4-2-3-8-15-11/h2-4,8,12,14H,5-7,9-10H2,1H3. The number of likely N-dealkylation sites (N-methyl/N-ethyl adjacent to an activating group) is 1. The summed E-state index contributed by atoms with van der Waals surface area (Å²) in [6.07, 6.45) is 4.10. The zero-order chi connectivity index (χ0) is 12.1. The molecule has 1 aromatic heterocycles. The molecule has 2 heterocycles. The number of pyridine rings is 1. The van der Waals surface area contributed by atoms with Crippen molar-refractivity contribution >= 4 is 5.91 Å². The van der Waals surface area contributed by atoms with Gasteiger partial charge in [0, 0.05) is 37.9 Å². The van der Waals surface area contributed by atoms with Crippen molar-refractivity contribution in [2.45, 2.75) is 25.3 Å². The highest BCUT2D eigenvalue weighted by atomic mass is 16.2. The van der Waals surface area contributed by atoms with Crippen LogP contribution in [0.2, 0.25) is 0 Å². The lowest BCUT2D eigenvalue weighted by atomic mass is 10.1. The van der Waals surface area contributed by atoms with Gasteiger partial charge in [-0.25, -0.2) is 0 Å². The fourth-order valence-electron chi connectivity index (χ4n) is 2.13. The van der Waals surface area contributed by atoms with Crippen LogP contribution in [0.15, 0.2) is 24.4 Å². The van der Waals surface area contributed by atoms with Crippen molar-refractivity contribution in [3.63, 3.8) is 0 Å². The first kappa shape index (κ1) is 12.0. The minimum Gasteiger partial charge on any atom is -0.341 e. The third-order valence-electron chi connectivity index (χ3n) is 3.30. The average molecular weight is 233 g/mol. The maximum absolute atomic E-state index is 12.0. The van der Waals surface area contributed by atoms with Crippen LogP contribution >= 0.6 is 0 Å². The third kappa shape index (κ3) is 3.27. The third-order valence-corrected chi connectivity index (χ3v) is 3.30. The van der Waals surface area contributed by atoms with Gasteiger partial charge in [0.1, 0.15) is 0 Å². The normalized spacial score (nSPS) is 19.2. The number of nitrogens with zero attached hydrogens (tertiary/aromatic N) is 2. The summed E-state index contributed by atoms with van der Waals surface area (Å²) < 4.78 is 0. The Morgan fingerprint density at radius 3 is 3.12 bits per heavy atom. The molecule has 1 fully saturated rings. The first-order valence-electron chi connectivity index (χ1n) is 6.13. The van der Waals surface area contributed by atoms with Crippen LogP contribution in [0.25, 0.3) is 0 Å². The number of carbonyl (C=O) groups is 1. The quantitative estimate of drug-likeness (QED) is 0.838. The van der Waals surface area contributed by atoms with Gasteiger partial charge in [-0.3, -0.25) is 9.78 Å². The SMILES string of the molecule is CN(C(=O)CCc1ccccn1)C1CCNC1. The van der Waals surface area contributed by atoms with Crippen LogP contribution in [-0.4, -0.2) is 42.0 Å². The van der Waals surface area contributed by atoms with Crippen LogP contribution in [-0.2, 0) is 11.2 Å². The van der Waals surface area contributed by atoms with Gasteiger partial charge >= 0.3 is 0 Å². The van der Waals surface area contributed by atoms with Gasteiger partial charge in [0.15, 0.2) is 0 Å². The molecule has 0 aliphatic carbocycles. The zero-order valence-electron chi connectivity index (χ0n) is 10.2. The topological polar surface area (TPSA) is 45.2 Å². The number of hydrogen-bond acceptors (Lipinski definition) is 3. The Labute approximate surface area is 102 Å². The Balaban J connectivity index is 1.80. The van der Waals surface area contributed by atoms with Gasteiger partial charge in [-0.2, -0.15) is 0 Å². The van der Waals surface area contributed by atoms with E-state index in [1.165, 1.54) is 0 Å². The number of rotatable bonds is 4. The zero-order valence-corrected chi connectivity index (χ0v) is 10.2. The number of nitrogens with one attached hydrogen (secondary N) is 1. The van der Waals surface area contributed by atoms with Gasteiger partial charge in [0.05, 0.1) is 0 Å². The summed E-state index contributed by atoms with van der Waals surface area (Å²) in [5.41, 5.74) is 0.985. The number of hydrogen-bond donors (Lipinski definition) is 1. The largest absolute Gasteiger partial charge is 0.341 e. The highest BCUT2D eigenvalue weighted by Crippen LogP contribution is 2.09. The molecule has 1 atom stereocenters. The molecule has 2 rings (SSSR count). The van der Waals surface area contributed by atoms with Crippen LogP contribution in [0.1, 0.15) is 18.5 Å². The maximum atomic E-state index is 12.0. The van der Waals surface area contributed by atoms with E-state index in [0.717, 1.165) is 31.6 Å². The molecular formula is C13H19N3O. The average Bonchev–Trinajstić information content (AvgIpc) is 2.90. The molecule has 1 N–H and O–H groups in total. The fraction of sp³-hybridized carbons (Fsp3) is 0.538. The van der Waals surface area contributed by atoms with Gasteiger partial charge in [-0.1, -0.05) is 6.07 Å². The Kier molecular flexibility index (Phi) is 4.09. The molecule has 0 bridgehead atoms. The lowest BCUT2D eigenvalue weighted by molar-refractivity contribution is -0.131. The molecule has 0 aromatic carbocycles. The van der Waals surface area contributed by atoms with Crippen molar-refractivity contribution in [3.8, 4) is 0 Å². The second-order valence-electron chi connectivity index (χ2n) is 4.47. The van der Waals surface area contributed by atoms with Gasteiger partial charge in [0.25, 0.3) is 0 Å². The van der Waals surface area contributed by atoms with Crippen molar-refractivity contribution < 1.29 is 4.79 Å². The van der Waals surface area contributed by atoms with Crippen LogP contribution in [0.3, 0.4) is 0 Å². The smallest absolute Gasteiger partial charge is 0.222 e. The number of carbonyl (C=O) groups excluding carboxylic acids is 1. The van der Waals surface area contributed by atoms with E-state index in [4.69, 9.17) is 0 Å². The highest BCUT2D eigenvalue weighted by molar-refractivity contribution is 5.76. The Morgan fingerprint density at radius 2 is 2.47 bits per heavy atom. The molecule has 1 aromatic rings. The van der Waals surface area contributed by atoms with Crippen LogP contribution in [0.5, 0.6) is 0 Å². The predicted octanol–water partition coefficient (Wildman–Crippen LogP) is 0.834. The molecule has 1 saturated heterocycles. The summed E-state index contributed by atoms with van der Waals surface area (Å²) in [6.45, 7) is 1.94. The van der Waals surface area contributed by atoms with Gasteiger partial charge in [0.2, 0.25) is 5.91 Å². The minimum absolute atomic E-state index is 0.212. The van der Waals surface area contributed by atoms with Crippen LogP contribution < -0.4 is 5.32 Å². The monoisotopic (exact) mass is 233 g/mol. The molecule has 1 aliphatic heterocycles. The van der Waals surface area contributed by atoms with Crippen molar-refractivity contribution in [1.29, 1.82) is 0 Å². The summed E-state index contributed by atoms with van der Waals surface area (Å²) in [7, 11) is 1.90. The predicted molar refractivity (Wildman–Crippen MR) is 66.6 cm³/mol. The van der Waals surface area contributed by atoms with E-state index in [-0.39, 0.29) is 5.91 Å². The van der Waals surface area contributed by atoms with Crippen molar-refractivity contribution in [3.05, 3.63) is 30.1 Å². The second-order valence-corrected chi connectivity index (χ2v) is 4.47. The molecule has 4 heteroatoms. The fourth-order valence-corrected chi connectivity index (χ4v) is 2.13. The van der Waals surface area contributed by atoms with Gasteiger partial charge in [-0.15, -0.1) is 0 Å². The summed E-state index contributed by atoms with van der Waals surface area (Å²) >= 11 is 0. The van der Waals surface area contributed by atoms with E-state index in [1.54, 1.807) is 6.20 Å². The van der Waals surface area contributed by atoms with Crippen molar-refractivity contribution in [1.82, 2.24) is 15.2 Å². The molecule has 1 aliphatic rings. The molecule has 0 saturated carbocycles. The molecule has 1 amide bonds. The van der Waals surface area contributed by atoms with E-state index in [0.29, 0.717) is 12.5 Å². The first-order chi connectivity index (χ1) is 8.27. The Morgan fingerprint density at radius 1 is 1.59 bits per heavy atom. The molecular weight excluding hydrogens is 214 g/mol. The highest BCUT2D eigenvalue weighted by Gasteiger charge is 2.22. The molecule has 1 unspecified atom stereocenters. The summed E-state index contributed by atoms with van der Waals surface area (Å²) in [5.74, 6) is 0.212. The number of aromatic nitrogens is 1. The summed E-state index contributed by atoms with van der Waals surface area (Å²) in [6, 6.07) is 6.18. The Bertz CT molecular complexity index is 360. The summed E-state index contributed by atoms with van der Waals surface area (Å²) in [4.78, 5) is 18.1. The molecule has 17 heavy (non-hydrogen) atoms. The Hall–Kier alpha value is -1.42. The number of aryl methyl sites for hydroxylation is 1. The lowest BCUT2D eigenvalue weighted by Gasteiger charge is -2.23. The molecule has 4 nitrogen and oxygen atoms in total. The van der Waals surface area contributed by atoms with Crippen LogP contribution in [0, 0.1) is 0 Å². The molecule has 0 spiro atoms. The number of amides is 1. The van der Waals surface area contributed by atoms with Crippen molar-refractivity contribution in [2.24, 2.45) is 0 Å². The van der Waals surface area contributed by atoms with E-state index >= 15 is 0 Å². The van der Waals surface area contributed by atoms with E-state index < -0.39 is 0 Å². The van der Waals surface area contributed by atoms with E-state index in [9.17, 15) is 4.79 Å². The molecule has 0 radical (unpaired) electrons. The minimum atomic E-state index is 0.212. The van der Waals surface area contributed by atoms with E-state index in [1.807, 2.05) is 30.1 Å². The van der Waals surface area contributed by atoms with Gasteiger partial charge in [-0.05, 0) is 31.5 Å². The van der Waals surface area contributed by atoms with E-state index in [2.05, 4.69) is 10.3 Å². The maximum Gasteiger partial charge on any atom is 0.222 e. The summed E-state index contributed by atoms with van der Waals surface area (Å²) in [5, 5.41) is 3.28. The van der Waals surface area contributed by atoms with Gasteiger partial charge < -0.3 is 10.2 Å². The van der Waals surface area contributed by atoms with Crippen LogP contribution in [0.4, 0.5) is 0 Å². The lowest BCUT2D eigenvalue weighted by Crippen LogP contribution is -2.38. The van der Waals surface area contributed by atoms with Crippen molar-refractivity contribution in [2.75, 3.05) is 20.1 Å². The second kappa shape index (κ2) is 5.77.